The molecule has 0 saturated carbocycles. The molecule has 0 N–H and O–H groups in total. The Morgan fingerprint density at radius 2 is 2.26 bits per heavy atom. The monoisotopic (exact) mass is 273 g/mol. The highest BCUT2D eigenvalue weighted by molar-refractivity contribution is 6.31. The first-order valence-electron chi connectivity index (χ1n) is 5.89. The fourth-order valence-electron chi connectivity index (χ4n) is 1.65. The van der Waals surface area contributed by atoms with Crippen LogP contribution in [-0.2, 0) is 9.53 Å². The molecule has 0 aliphatic carbocycles. The number of carbonyl (C=O) groups excluding carboxylic acids is 1. The first kappa shape index (κ1) is 13.4. The van der Waals surface area contributed by atoms with Crippen molar-refractivity contribution in [3.05, 3.63) is 41.0 Å². The lowest BCUT2D eigenvalue weighted by Crippen LogP contribution is -2.01. The van der Waals surface area contributed by atoms with Gasteiger partial charge in [0.15, 0.2) is 0 Å². The summed E-state index contributed by atoms with van der Waals surface area (Å²) in [5, 5.41) is 1.56. The number of esters is 1. The lowest BCUT2D eigenvalue weighted by atomic mass is 10.1. The molecule has 1 aromatic heterocycles. The molecule has 0 saturated heterocycles. The molecule has 0 bridgehead atoms. The van der Waals surface area contributed by atoms with E-state index in [0.29, 0.717) is 11.6 Å². The molecular formula is C15H12ClNO2. The van der Waals surface area contributed by atoms with Crippen LogP contribution >= 0.6 is 11.6 Å². The van der Waals surface area contributed by atoms with E-state index in [1.165, 1.54) is 0 Å². The summed E-state index contributed by atoms with van der Waals surface area (Å²) in [6.07, 6.45) is 1.76. The Bertz CT molecular complexity index is 671. The molecule has 2 aromatic rings. The van der Waals surface area contributed by atoms with Crippen LogP contribution in [0.15, 0.2) is 30.5 Å². The number of benzene rings is 1. The standard InChI is InChI=1S/C15H12ClNO2/c1-2-19-15(18)5-3-4-11-8-9-17-14-10-12(16)6-7-13(11)14/h6-10H,2,5H2,1H3. The number of aromatic nitrogens is 1. The first-order valence-corrected chi connectivity index (χ1v) is 6.27. The summed E-state index contributed by atoms with van der Waals surface area (Å²) in [6, 6.07) is 7.27. The zero-order valence-electron chi connectivity index (χ0n) is 10.4. The predicted molar refractivity (Wildman–Crippen MR) is 74.9 cm³/mol. The molecule has 0 aliphatic rings. The van der Waals surface area contributed by atoms with E-state index in [0.717, 1.165) is 16.5 Å². The van der Waals surface area contributed by atoms with Crippen molar-refractivity contribution in [2.75, 3.05) is 6.61 Å². The smallest absolute Gasteiger partial charge is 0.317 e. The summed E-state index contributed by atoms with van der Waals surface area (Å²) in [4.78, 5) is 15.4. The Kier molecular flexibility index (Phi) is 4.38. The molecule has 0 amide bonds. The van der Waals surface area contributed by atoms with E-state index in [-0.39, 0.29) is 12.4 Å². The van der Waals surface area contributed by atoms with Crippen LogP contribution in [-0.4, -0.2) is 17.6 Å². The molecule has 0 atom stereocenters. The molecule has 3 nitrogen and oxygen atoms in total. The fourth-order valence-corrected chi connectivity index (χ4v) is 1.82. The third-order valence-electron chi connectivity index (χ3n) is 2.47. The number of hydrogen-bond acceptors (Lipinski definition) is 3. The first-order chi connectivity index (χ1) is 9.20. The molecule has 96 valence electrons. The van der Waals surface area contributed by atoms with Crippen molar-refractivity contribution in [2.45, 2.75) is 13.3 Å². The Labute approximate surface area is 116 Å². The average Bonchev–Trinajstić information content (AvgIpc) is 2.39. The average molecular weight is 274 g/mol. The van der Waals surface area contributed by atoms with Gasteiger partial charge >= 0.3 is 5.97 Å². The number of fused-ring (bicyclic) bond motifs is 1. The van der Waals surface area contributed by atoms with Gasteiger partial charge in [-0.15, -0.1) is 0 Å². The van der Waals surface area contributed by atoms with Crippen molar-refractivity contribution < 1.29 is 9.53 Å². The fraction of sp³-hybridized carbons (Fsp3) is 0.200. The highest BCUT2D eigenvalue weighted by Crippen LogP contribution is 2.20. The van der Waals surface area contributed by atoms with E-state index in [1.54, 1.807) is 25.3 Å². The van der Waals surface area contributed by atoms with E-state index in [4.69, 9.17) is 16.3 Å². The lowest BCUT2D eigenvalue weighted by Gasteiger charge is -2.00. The van der Waals surface area contributed by atoms with Gasteiger partial charge in [0.1, 0.15) is 6.42 Å². The third kappa shape index (κ3) is 3.46. The number of halogens is 1. The van der Waals surface area contributed by atoms with Gasteiger partial charge < -0.3 is 4.74 Å². The van der Waals surface area contributed by atoms with E-state index in [9.17, 15) is 4.79 Å². The van der Waals surface area contributed by atoms with Crippen LogP contribution in [0, 0.1) is 11.8 Å². The lowest BCUT2D eigenvalue weighted by molar-refractivity contribution is -0.141. The number of nitrogens with zero attached hydrogens (tertiary/aromatic N) is 1. The summed E-state index contributed by atoms with van der Waals surface area (Å²) in [7, 11) is 0. The van der Waals surface area contributed by atoms with Crippen LogP contribution < -0.4 is 0 Å². The molecule has 2 rings (SSSR count). The van der Waals surface area contributed by atoms with Crippen molar-refractivity contribution in [3.8, 4) is 11.8 Å². The summed E-state index contributed by atoms with van der Waals surface area (Å²) in [5.41, 5.74) is 1.61. The van der Waals surface area contributed by atoms with Gasteiger partial charge in [0.2, 0.25) is 0 Å². The van der Waals surface area contributed by atoms with Crippen LogP contribution in [0.1, 0.15) is 18.9 Å². The predicted octanol–water partition coefficient (Wildman–Crippen LogP) is 3.19. The van der Waals surface area contributed by atoms with Crippen LogP contribution in [0.5, 0.6) is 0 Å². The Morgan fingerprint density at radius 3 is 3.05 bits per heavy atom. The molecular weight excluding hydrogens is 262 g/mol. The molecule has 19 heavy (non-hydrogen) atoms. The number of hydrogen-bond donors (Lipinski definition) is 0. The van der Waals surface area contributed by atoms with Crippen LogP contribution in [0.4, 0.5) is 0 Å². The van der Waals surface area contributed by atoms with E-state index < -0.39 is 0 Å². The molecule has 1 heterocycles. The van der Waals surface area contributed by atoms with E-state index in [1.807, 2.05) is 12.1 Å². The maximum atomic E-state index is 11.2. The molecule has 0 fully saturated rings. The highest BCUT2D eigenvalue weighted by atomic mass is 35.5. The summed E-state index contributed by atoms with van der Waals surface area (Å²) in [5.74, 6) is 5.46. The molecule has 0 aliphatic heterocycles. The van der Waals surface area contributed by atoms with Crippen molar-refractivity contribution in [1.82, 2.24) is 4.98 Å². The second kappa shape index (κ2) is 6.21. The molecule has 1 aromatic carbocycles. The van der Waals surface area contributed by atoms with E-state index in [2.05, 4.69) is 16.8 Å². The zero-order chi connectivity index (χ0) is 13.7. The second-order valence-corrected chi connectivity index (χ2v) is 4.24. The van der Waals surface area contributed by atoms with Gasteiger partial charge in [-0.1, -0.05) is 29.5 Å². The third-order valence-corrected chi connectivity index (χ3v) is 2.70. The van der Waals surface area contributed by atoms with Gasteiger partial charge in [0, 0.05) is 22.2 Å². The van der Waals surface area contributed by atoms with Crippen LogP contribution in [0.2, 0.25) is 5.02 Å². The minimum absolute atomic E-state index is 0.0885. The Morgan fingerprint density at radius 1 is 1.42 bits per heavy atom. The van der Waals surface area contributed by atoms with Gasteiger partial charge in [-0.3, -0.25) is 9.78 Å². The molecule has 0 radical (unpaired) electrons. The molecule has 0 spiro atoms. The summed E-state index contributed by atoms with van der Waals surface area (Å²) < 4.78 is 4.81. The van der Waals surface area contributed by atoms with Crippen molar-refractivity contribution in [2.24, 2.45) is 0 Å². The molecule has 4 heteroatoms. The van der Waals surface area contributed by atoms with E-state index >= 15 is 0 Å². The molecule has 0 unspecified atom stereocenters. The minimum atomic E-state index is -0.309. The summed E-state index contributed by atoms with van der Waals surface area (Å²) >= 11 is 5.91. The normalized spacial score (nSPS) is 9.79. The van der Waals surface area contributed by atoms with Gasteiger partial charge in [0.25, 0.3) is 0 Å². The minimum Gasteiger partial charge on any atom is -0.465 e. The summed E-state index contributed by atoms with van der Waals surface area (Å²) in [6.45, 7) is 2.14. The maximum Gasteiger partial charge on any atom is 0.317 e. The van der Waals surface area contributed by atoms with Crippen molar-refractivity contribution >= 4 is 28.5 Å². The van der Waals surface area contributed by atoms with Gasteiger partial charge in [-0.25, -0.2) is 0 Å². The topological polar surface area (TPSA) is 39.2 Å². The number of ether oxygens (including phenoxy) is 1. The zero-order valence-corrected chi connectivity index (χ0v) is 11.2. The van der Waals surface area contributed by atoms with Crippen LogP contribution in [0.3, 0.4) is 0 Å². The number of carbonyl (C=O) groups is 1. The largest absolute Gasteiger partial charge is 0.465 e. The van der Waals surface area contributed by atoms with Gasteiger partial charge in [0.05, 0.1) is 12.1 Å². The number of pyridine rings is 1. The SMILES string of the molecule is CCOC(=O)CC#Cc1ccnc2cc(Cl)ccc12. The van der Waals surface area contributed by atoms with Crippen molar-refractivity contribution in [1.29, 1.82) is 0 Å². The Balaban J connectivity index is 2.26. The van der Waals surface area contributed by atoms with Crippen LogP contribution in [0.25, 0.3) is 10.9 Å². The number of rotatable bonds is 2. The van der Waals surface area contributed by atoms with Gasteiger partial charge in [-0.2, -0.15) is 0 Å². The van der Waals surface area contributed by atoms with Crippen molar-refractivity contribution in [3.63, 3.8) is 0 Å². The van der Waals surface area contributed by atoms with Gasteiger partial charge in [-0.05, 0) is 25.1 Å². The second-order valence-electron chi connectivity index (χ2n) is 3.80. The Hall–Kier alpha value is -2.05. The quantitative estimate of drug-likeness (QED) is 0.623. The highest BCUT2D eigenvalue weighted by Gasteiger charge is 2.01. The maximum absolute atomic E-state index is 11.2.